The van der Waals surface area contributed by atoms with E-state index in [1.54, 1.807) is 0 Å². The molecule has 0 fully saturated rings. The first kappa shape index (κ1) is 56.1. The lowest BCUT2D eigenvalue weighted by molar-refractivity contribution is -0.929. The minimum Gasteiger partial charge on any atom is -0.741 e. The van der Waals surface area contributed by atoms with Gasteiger partial charge in [-0.2, -0.15) is 26.3 Å². The number of unbranched alkanes of at least 4 members (excludes halogenated alkanes) is 8. The molecule has 0 saturated carbocycles. The molecule has 16 heteroatoms. The zero-order chi connectivity index (χ0) is 40.0. The maximum atomic E-state index is 10.7. The molecule has 0 radical (unpaired) electrons. The van der Waals surface area contributed by atoms with Gasteiger partial charge in [-0.15, -0.1) is 0 Å². The number of rotatable bonds is 24. The van der Waals surface area contributed by atoms with Crippen LogP contribution in [-0.4, -0.2) is 98.3 Å². The fraction of sp³-hybridized carbons (Fsp3) is 1.00. The monoisotopic (exact) mass is 782 g/mol. The summed E-state index contributed by atoms with van der Waals surface area (Å²) in [5, 5.41) is 0. The summed E-state index contributed by atoms with van der Waals surface area (Å²) < 4.78 is 121. The molecule has 0 aliphatic rings. The molecule has 0 aromatic carbocycles. The molecule has 0 bridgehead atoms. The van der Waals surface area contributed by atoms with Gasteiger partial charge < -0.3 is 18.1 Å². The van der Waals surface area contributed by atoms with Gasteiger partial charge in [-0.3, -0.25) is 0 Å². The quantitative estimate of drug-likeness (QED) is 0.0417. The Morgan fingerprint density at radius 1 is 0.360 bits per heavy atom. The van der Waals surface area contributed by atoms with Crippen molar-refractivity contribution in [1.29, 1.82) is 0 Å². The lowest BCUT2D eigenvalue weighted by Crippen LogP contribution is -2.50. The Morgan fingerprint density at radius 3 is 0.520 bits per heavy atom. The smallest absolute Gasteiger partial charge is 0.485 e. The molecule has 308 valence electrons. The van der Waals surface area contributed by atoms with E-state index >= 15 is 0 Å². The topological polar surface area (TPSA) is 114 Å². The molecule has 0 unspecified atom stereocenters. The van der Waals surface area contributed by atoms with Crippen molar-refractivity contribution in [3.8, 4) is 0 Å². The van der Waals surface area contributed by atoms with Crippen molar-refractivity contribution < 1.29 is 61.2 Å². The average Bonchev–Trinajstić information content (AvgIpc) is 3.02. The van der Waals surface area contributed by atoms with Crippen molar-refractivity contribution in [2.45, 2.75) is 169 Å². The van der Waals surface area contributed by atoms with E-state index in [1.165, 1.54) is 164 Å². The molecule has 0 aromatic rings. The van der Waals surface area contributed by atoms with Gasteiger partial charge in [0.15, 0.2) is 20.2 Å². The van der Waals surface area contributed by atoms with Crippen LogP contribution in [-0.2, 0) is 20.2 Å². The van der Waals surface area contributed by atoms with Crippen LogP contribution in [0, 0.1) is 0 Å². The first-order chi connectivity index (χ1) is 23.0. The second-order valence-electron chi connectivity index (χ2n) is 13.1. The number of hydrogen-bond donors (Lipinski definition) is 0. The van der Waals surface area contributed by atoms with Crippen molar-refractivity contribution in [2.24, 2.45) is 0 Å². The fourth-order valence-electron chi connectivity index (χ4n) is 5.29. The summed E-state index contributed by atoms with van der Waals surface area (Å²) in [7, 11) is -12.2. The lowest BCUT2D eigenvalue weighted by atomic mass is 10.1. The Balaban J connectivity index is -0.000000300. The van der Waals surface area contributed by atoms with Crippen LogP contribution in [0.4, 0.5) is 26.3 Å². The SMILES string of the molecule is CCCC[N+](CCCC)(CCCC)CCCC.CCCC[N+](CCCC)(CCCC)CCCC.O=S(=O)([O-])C(F)(F)F.O=S(=O)([O-])C(F)(F)F. The Bertz CT molecular complexity index is 827. The molecular formula is C34H72F6N2O6S2. The summed E-state index contributed by atoms with van der Waals surface area (Å²) in [6.45, 7) is 30.0. The predicted octanol–water partition coefficient (Wildman–Crippen LogP) is 10.1. The third-order valence-corrected chi connectivity index (χ3v) is 9.59. The van der Waals surface area contributed by atoms with E-state index in [1.807, 2.05) is 0 Å². The van der Waals surface area contributed by atoms with Crippen molar-refractivity contribution in [3.63, 3.8) is 0 Å². The van der Waals surface area contributed by atoms with Crippen LogP contribution in [0.5, 0.6) is 0 Å². The van der Waals surface area contributed by atoms with Crippen LogP contribution in [0.25, 0.3) is 0 Å². The van der Waals surface area contributed by atoms with E-state index in [2.05, 4.69) is 55.4 Å². The predicted molar refractivity (Wildman–Crippen MR) is 190 cm³/mol. The molecular weight excluding hydrogens is 711 g/mol. The van der Waals surface area contributed by atoms with Crippen LogP contribution in [0.2, 0.25) is 0 Å². The van der Waals surface area contributed by atoms with E-state index < -0.39 is 31.3 Å². The van der Waals surface area contributed by atoms with E-state index in [4.69, 9.17) is 25.9 Å². The molecule has 0 spiro atoms. The van der Waals surface area contributed by atoms with E-state index in [0.29, 0.717) is 0 Å². The van der Waals surface area contributed by atoms with Crippen molar-refractivity contribution in [2.75, 3.05) is 52.4 Å². The van der Waals surface area contributed by atoms with Crippen LogP contribution >= 0.6 is 0 Å². The Kier molecular flexibility index (Phi) is 34.5. The molecule has 50 heavy (non-hydrogen) atoms. The molecule has 0 atom stereocenters. The van der Waals surface area contributed by atoms with Crippen LogP contribution in [0.1, 0.15) is 158 Å². The van der Waals surface area contributed by atoms with Gasteiger partial charge in [-0.25, -0.2) is 16.8 Å². The first-order valence-corrected chi connectivity index (χ1v) is 21.5. The lowest BCUT2D eigenvalue weighted by Gasteiger charge is -2.39. The van der Waals surface area contributed by atoms with E-state index in [9.17, 15) is 26.3 Å². The number of halogens is 6. The molecule has 0 heterocycles. The van der Waals surface area contributed by atoms with Gasteiger partial charge in [0.05, 0.1) is 52.4 Å². The maximum Gasteiger partial charge on any atom is 0.485 e. The van der Waals surface area contributed by atoms with Crippen LogP contribution in [0.15, 0.2) is 0 Å². The molecule has 0 aromatic heterocycles. The van der Waals surface area contributed by atoms with Gasteiger partial charge in [-0.05, 0) is 51.4 Å². The minimum absolute atomic E-state index is 1.35. The Hall–Kier alpha value is -0.680. The molecule has 0 saturated heterocycles. The Morgan fingerprint density at radius 2 is 0.460 bits per heavy atom. The van der Waals surface area contributed by atoms with E-state index in [-0.39, 0.29) is 0 Å². The van der Waals surface area contributed by atoms with Crippen LogP contribution in [0.3, 0.4) is 0 Å². The Labute approximate surface area is 302 Å². The van der Waals surface area contributed by atoms with Gasteiger partial charge >= 0.3 is 11.0 Å². The van der Waals surface area contributed by atoms with E-state index in [0.717, 1.165) is 0 Å². The summed E-state index contributed by atoms with van der Waals surface area (Å²) in [5.41, 5.74) is -11.3. The number of alkyl halides is 6. The van der Waals surface area contributed by atoms with Gasteiger partial charge in [0.25, 0.3) is 0 Å². The standard InChI is InChI=1S/2C16H36N.2CHF3O3S/c2*1-5-9-13-17(14-10-6-2,15-11-7-3)16-12-8-4;2*2-1(3,4)8(5,6)7/h2*5-16H2,1-4H3;2*(H,5,6,7)/q2*+1;;/p-2. The van der Waals surface area contributed by atoms with Crippen molar-refractivity contribution >= 4 is 20.2 Å². The summed E-state index contributed by atoms with van der Waals surface area (Å²) >= 11 is 0. The number of hydrogen-bond acceptors (Lipinski definition) is 6. The first-order valence-electron chi connectivity index (χ1n) is 18.7. The second kappa shape index (κ2) is 30.7. The van der Waals surface area contributed by atoms with Gasteiger partial charge in [0, 0.05) is 0 Å². The number of nitrogens with zero attached hydrogens (tertiary/aromatic N) is 2. The molecule has 0 aliphatic carbocycles. The third kappa shape index (κ3) is 30.9. The summed E-state index contributed by atoms with van der Waals surface area (Å²) in [6.07, 6.45) is 22.1. The highest BCUT2D eigenvalue weighted by Gasteiger charge is 2.37. The number of quaternary nitrogens is 2. The zero-order valence-corrected chi connectivity index (χ0v) is 34.0. The van der Waals surface area contributed by atoms with Crippen molar-refractivity contribution in [1.82, 2.24) is 0 Å². The minimum atomic E-state index is -6.09. The fourth-order valence-corrected chi connectivity index (χ4v) is 5.29. The van der Waals surface area contributed by atoms with Gasteiger partial charge in [0.2, 0.25) is 0 Å². The van der Waals surface area contributed by atoms with Crippen molar-refractivity contribution in [3.05, 3.63) is 0 Å². The molecule has 0 rings (SSSR count). The highest BCUT2D eigenvalue weighted by molar-refractivity contribution is 7.86. The summed E-state index contributed by atoms with van der Waals surface area (Å²) in [4.78, 5) is 0. The molecule has 0 N–H and O–H groups in total. The van der Waals surface area contributed by atoms with Gasteiger partial charge in [0.1, 0.15) is 0 Å². The zero-order valence-electron chi connectivity index (χ0n) is 32.4. The highest BCUT2D eigenvalue weighted by atomic mass is 32.2. The highest BCUT2D eigenvalue weighted by Crippen LogP contribution is 2.21. The van der Waals surface area contributed by atoms with Gasteiger partial charge in [-0.1, -0.05) is 107 Å². The summed E-state index contributed by atoms with van der Waals surface area (Å²) in [6, 6.07) is 0. The maximum absolute atomic E-state index is 10.7. The largest absolute Gasteiger partial charge is 0.741 e. The summed E-state index contributed by atoms with van der Waals surface area (Å²) in [5.74, 6) is 0. The molecule has 0 aliphatic heterocycles. The second-order valence-corrected chi connectivity index (χ2v) is 15.8. The molecule has 0 amide bonds. The average molecular weight is 783 g/mol. The third-order valence-electron chi connectivity index (χ3n) is 8.46. The normalized spacial score (nSPS) is 12.6. The molecule has 8 nitrogen and oxygen atoms in total. The van der Waals surface area contributed by atoms with Crippen LogP contribution < -0.4 is 0 Å².